The van der Waals surface area contributed by atoms with Gasteiger partial charge in [0.2, 0.25) is 0 Å². The molecule has 0 radical (unpaired) electrons. The van der Waals surface area contributed by atoms with Crippen LogP contribution in [0.3, 0.4) is 0 Å². The van der Waals surface area contributed by atoms with Gasteiger partial charge in [-0.1, -0.05) is 285 Å². The van der Waals surface area contributed by atoms with Gasteiger partial charge in [0, 0.05) is 34.1 Å². The molecule has 0 spiro atoms. The van der Waals surface area contributed by atoms with Crippen molar-refractivity contribution in [3.05, 3.63) is 400 Å². The lowest BCUT2D eigenvalue weighted by Crippen LogP contribution is -2.09. The standard InChI is InChI=1S/C104H66N2/c1-5-24-79(25-6-1)105(80-26-7-2-8-27-80)83-53-48-67(49-54-83)70-40-42-74-62-77(46-44-72(74)60-70)96-65-99-90-36-18-17-34-87(90)88-35-19-20-37-92(88)104(99)103-93-39-21-38-89(91(93)58-59-95(96)103)98-64-76-23-14-16-33-86(76)102-100(98)66-97(94-57-52-69-22-13-15-32-85(69)101(94)102)78-47-45-73-61-71(41-43-75(73)63-78)68-50-55-84(56-51-68)106(81-28-9-3-10-29-81)82-30-11-4-12-31-82/h1-66H. The number of fused-ring (bicyclic) bond motifs is 19. The van der Waals surface area contributed by atoms with Crippen molar-refractivity contribution in [2.24, 2.45) is 0 Å². The third kappa shape index (κ3) is 10.1. The zero-order chi connectivity index (χ0) is 69.8. The summed E-state index contributed by atoms with van der Waals surface area (Å²) in [5.74, 6) is 0. The topological polar surface area (TPSA) is 6.48 Å². The summed E-state index contributed by atoms with van der Waals surface area (Å²) >= 11 is 0. The number of para-hydroxylation sites is 4. The van der Waals surface area contributed by atoms with Crippen LogP contribution in [-0.2, 0) is 0 Å². The van der Waals surface area contributed by atoms with Gasteiger partial charge in [-0.3, -0.25) is 0 Å². The molecule has 0 saturated carbocycles. The molecule has 0 atom stereocenters. The third-order valence-electron chi connectivity index (χ3n) is 22.3. The maximum absolute atomic E-state index is 2.53. The van der Waals surface area contributed by atoms with Gasteiger partial charge in [-0.2, -0.15) is 0 Å². The lowest BCUT2D eigenvalue weighted by Gasteiger charge is -2.25. The molecule has 0 aromatic heterocycles. The van der Waals surface area contributed by atoms with Gasteiger partial charge in [-0.25, -0.2) is 0 Å². The average Bonchev–Trinajstić information content (AvgIpc) is 0.707. The van der Waals surface area contributed by atoms with E-state index in [4.69, 9.17) is 0 Å². The minimum Gasteiger partial charge on any atom is -0.311 e. The first-order valence-electron chi connectivity index (χ1n) is 36.7. The molecule has 0 unspecified atom stereocenters. The van der Waals surface area contributed by atoms with E-state index >= 15 is 0 Å². The largest absolute Gasteiger partial charge is 0.311 e. The van der Waals surface area contributed by atoms with E-state index in [0.717, 1.165) is 34.1 Å². The van der Waals surface area contributed by atoms with Crippen molar-refractivity contribution in [3.63, 3.8) is 0 Å². The van der Waals surface area contributed by atoms with E-state index in [1.807, 2.05) is 0 Å². The summed E-state index contributed by atoms with van der Waals surface area (Å²) in [5.41, 5.74) is 18.6. The molecule has 0 amide bonds. The van der Waals surface area contributed by atoms with Crippen LogP contribution in [0.2, 0.25) is 0 Å². The second kappa shape index (κ2) is 25.0. The molecule has 106 heavy (non-hydrogen) atoms. The van der Waals surface area contributed by atoms with Crippen molar-refractivity contribution < 1.29 is 0 Å². The van der Waals surface area contributed by atoms with Crippen LogP contribution in [0.15, 0.2) is 400 Å². The number of nitrogens with zero attached hydrogens (tertiary/aromatic N) is 2. The smallest absolute Gasteiger partial charge is 0.0462 e. The zero-order valence-corrected chi connectivity index (χ0v) is 58.0. The van der Waals surface area contributed by atoms with Gasteiger partial charge in [0.25, 0.3) is 0 Å². The van der Waals surface area contributed by atoms with Crippen LogP contribution >= 0.6 is 0 Å². The molecule has 0 aliphatic heterocycles. The van der Waals surface area contributed by atoms with Crippen molar-refractivity contribution >= 4 is 153 Å². The normalized spacial score (nSPS) is 11.8. The van der Waals surface area contributed by atoms with Crippen LogP contribution in [0.5, 0.6) is 0 Å². The Bertz CT molecular complexity index is 7010. The average molecular weight is 1340 g/mol. The fourth-order valence-corrected chi connectivity index (χ4v) is 17.4. The highest BCUT2D eigenvalue weighted by Crippen LogP contribution is 2.51. The van der Waals surface area contributed by atoms with E-state index in [1.54, 1.807) is 0 Å². The van der Waals surface area contributed by atoms with Crippen LogP contribution in [0.25, 0.3) is 174 Å². The zero-order valence-electron chi connectivity index (χ0n) is 58.0. The second-order valence-electron chi connectivity index (χ2n) is 28.2. The first kappa shape index (κ1) is 60.8. The van der Waals surface area contributed by atoms with Gasteiger partial charge in [-0.15, -0.1) is 0 Å². The van der Waals surface area contributed by atoms with E-state index in [2.05, 4.69) is 410 Å². The maximum atomic E-state index is 2.53. The van der Waals surface area contributed by atoms with Crippen LogP contribution in [0, 0.1) is 0 Å². The van der Waals surface area contributed by atoms with Gasteiger partial charge in [-0.05, 0) is 289 Å². The molecule has 2 nitrogen and oxygen atoms in total. The minimum absolute atomic E-state index is 1.11. The molecule has 492 valence electrons. The van der Waals surface area contributed by atoms with Crippen molar-refractivity contribution in [3.8, 4) is 55.6 Å². The van der Waals surface area contributed by atoms with Crippen molar-refractivity contribution in [1.29, 1.82) is 0 Å². The predicted molar refractivity (Wildman–Crippen MR) is 456 cm³/mol. The summed E-state index contributed by atoms with van der Waals surface area (Å²) in [6.45, 7) is 0. The first-order chi connectivity index (χ1) is 52.6. The number of hydrogen-bond donors (Lipinski definition) is 0. The van der Waals surface area contributed by atoms with Crippen LogP contribution in [0.4, 0.5) is 34.1 Å². The molecular weight excluding hydrogens is 1280 g/mol. The summed E-state index contributed by atoms with van der Waals surface area (Å²) in [4.78, 5) is 4.63. The van der Waals surface area contributed by atoms with E-state index < -0.39 is 0 Å². The van der Waals surface area contributed by atoms with Gasteiger partial charge in [0.15, 0.2) is 0 Å². The molecule has 0 fully saturated rings. The molecule has 0 N–H and O–H groups in total. The Balaban J connectivity index is 0.721. The summed E-state index contributed by atoms with van der Waals surface area (Å²) in [6, 6.07) is 149. The van der Waals surface area contributed by atoms with E-state index in [0.29, 0.717) is 0 Å². The quantitative estimate of drug-likeness (QED) is 0.119. The Hall–Kier alpha value is -13.9. The van der Waals surface area contributed by atoms with Gasteiger partial charge in [0.05, 0.1) is 0 Å². The molecular formula is C104H66N2. The fourth-order valence-electron chi connectivity index (χ4n) is 17.4. The Morgan fingerprint density at radius 3 is 0.943 bits per heavy atom. The Morgan fingerprint density at radius 2 is 0.434 bits per heavy atom. The SMILES string of the molecule is c1ccc(N(c2ccccc2)c2ccc(-c3ccc4cc(-c5cc6c(-c7cccc8c7ccc7c(-c9ccc%10cc(-c%11ccc(N(c%12ccccc%12)c%12ccccc%12)cc%11)ccc%10c9)cc9c%10ccccc%10c%10ccccc%10c9c78)cc7ccccc7c6c6c5ccc5ccccc56)ccc4c3)cc2)cc1. The van der Waals surface area contributed by atoms with Crippen LogP contribution < -0.4 is 9.80 Å². The number of anilines is 6. The number of rotatable bonds is 11. The van der Waals surface area contributed by atoms with E-state index in [-0.39, 0.29) is 0 Å². The summed E-state index contributed by atoms with van der Waals surface area (Å²) in [7, 11) is 0. The van der Waals surface area contributed by atoms with Crippen molar-refractivity contribution in [2.75, 3.05) is 9.80 Å². The van der Waals surface area contributed by atoms with Crippen molar-refractivity contribution in [1.82, 2.24) is 0 Å². The van der Waals surface area contributed by atoms with E-state index in [1.165, 1.54) is 174 Å². The number of benzene rings is 21. The maximum Gasteiger partial charge on any atom is 0.0462 e. The summed E-state index contributed by atoms with van der Waals surface area (Å²) in [5, 5.41) is 27.2. The minimum atomic E-state index is 1.11. The highest BCUT2D eigenvalue weighted by Gasteiger charge is 2.24. The van der Waals surface area contributed by atoms with Crippen LogP contribution in [0.1, 0.15) is 0 Å². The molecule has 21 rings (SSSR count). The van der Waals surface area contributed by atoms with Gasteiger partial charge in [0.1, 0.15) is 0 Å². The molecule has 21 aromatic carbocycles. The van der Waals surface area contributed by atoms with Crippen molar-refractivity contribution in [2.45, 2.75) is 0 Å². The lowest BCUT2D eigenvalue weighted by atomic mass is 9.82. The molecule has 0 saturated heterocycles. The molecule has 0 aliphatic rings. The monoisotopic (exact) mass is 1340 g/mol. The summed E-state index contributed by atoms with van der Waals surface area (Å²) in [6.07, 6.45) is 0. The Morgan fingerprint density at radius 1 is 0.123 bits per heavy atom. The third-order valence-corrected chi connectivity index (χ3v) is 22.3. The fraction of sp³-hybridized carbons (Fsp3) is 0. The first-order valence-corrected chi connectivity index (χ1v) is 36.7. The summed E-state index contributed by atoms with van der Waals surface area (Å²) < 4.78 is 0. The molecule has 0 bridgehead atoms. The van der Waals surface area contributed by atoms with Crippen LogP contribution in [-0.4, -0.2) is 0 Å². The molecule has 21 aromatic rings. The number of hydrogen-bond acceptors (Lipinski definition) is 2. The lowest BCUT2D eigenvalue weighted by molar-refractivity contribution is 1.28. The highest BCUT2D eigenvalue weighted by molar-refractivity contribution is 6.38. The molecule has 0 aliphatic carbocycles. The van der Waals surface area contributed by atoms with Gasteiger partial charge < -0.3 is 9.80 Å². The van der Waals surface area contributed by atoms with Gasteiger partial charge >= 0.3 is 0 Å². The molecule has 2 heteroatoms. The Kier molecular flexibility index (Phi) is 14.3. The highest BCUT2D eigenvalue weighted by atomic mass is 15.1. The Labute approximate surface area is 614 Å². The predicted octanol–water partition coefficient (Wildman–Crippen LogP) is 29.6. The second-order valence-corrected chi connectivity index (χ2v) is 28.2. The molecule has 0 heterocycles. The van der Waals surface area contributed by atoms with E-state index in [9.17, 15) is 0 Å².